The van der Waals surface area contributed by atoms with Crippen molar-refractivity contribution in [1.82, 2.24) is 4.98 Å². The summed E-state index contributed by atoms with van der Waals surface area (Å²) in [5.41, 5.74) is 1.46. The number of anilines is 2. The van der Waals surface area contributed by atoms with Crippen molar-refractivity contribution in [2.75, 3.05) is 9.80 Å². The second kappa shape index (κ2) is 5.83. The Hall–Kier alpha value is -2.98. The van der Waals surface area contributed by atoms with E-state index in [-0.39, 0.29) is 11.5 Å². The third-order valence-corrected chi connectivity index (χ3v) is 4.62. The highest BCUT2D eigenvalue weighted by atomic mass is 32.1. The number of aromatic nitrogens is 1. The fourth-order valence-electron chi connectivity index (χ4n) is 2.90. The van der Waals surface area contributed by atoms with E-state index < -0.39 is 5.54 Å². The van der Waals surface area contributed by atoms with Gasteiger partial charge in [0.1, 0.15) is 5.54 Å². The van der Waals surface area contributed by atoms with Gasteiger partial charge in [0, 0.05) is 18.0 Å². The highest BCUT2D eigenvalue weighted by Crippen LogP contribution is 2.36. The van der Waals surface area contributed by atoms with Crippen LogP contribution in [0.1, 0.15) is 19.4 Å². The van der Waals surface area contributed by atoms with Crippen LogP contribution in [0.3, 0.4) is 0 Å². The second-order valence-corrected chi connectivity index (χ2v) is 6.68. The summed E-state index contributed by atoms with van der Waals surface area (Å²) >= 11 is 5.57. The lowest BCUT2D eigenvalue weighted by Crippen LogP contribution is -2.44. The molecule has 7 heteroatoms. The summed E-state index contributed by atoms with van der Waals surface area (Å²) in [6, 6.07) is 8.22. The first-order valence-corrected chi connectivity index (χ1v) is 8.04. The first-order valence-electron chi connectivity index (χ1n) is 7.63. The minimum absolute atomic E-state index is 0.168. The van der Waals surface area contributed by atoms with Crippen molar-refractivity contribution in [1.29, 1.82) is 0 Å². The molecule has 1 amide bonds. The quantitative estimate of drug-likeness (QED) is 0.666. The van der Waals surface area contributed by atoms with Crippen LogP contribution in [0.2, 0.25) is 0 Å². The Morgan fingerprint density at radius 2 is 1.84 bits per heavy atom. The average molecular weight is 352 g/mol. The largest absolute Gasteiger partial charge is 0.327 e. The predicted octanol–water partition coefficient (Wildman–Crippen LogP) is 3.15. The van der Waals surface area contributed by atoms with Crippen LogP contribution in [0.5, 0.6) is 0 Å². The minimum atomic E-state index is -0.901. The average Bonchev–Trinajstić information content (AvgIpc) is 2.74. The third kappa shape index (κ3) is 2.61. The van der Waals surface area contributed by atoms with Crippen LogP contribution in [-0.4, -0.2) is 21.5 Å². The van der Waals surface area contributed by atoms with E-state index in [1.54, 1.807) is 49.2 Å². The summed E-state index contributed by atoms with van der Waals surface area (Å²) in [7, 11) is 0. The van der Waals surface area contributed by atoms with E-state index in [1.165, 1.54) is 11.0 Å². The van der Waals surface area contributed by atoms with E-state index in [0.717, 1.165) is 5.56 Å². The van der Waals surface area contributed by atoms with Crippen molar-refractivity contribution in [3.8, 4) is 0 Å². The van der Waals surface area contributed by atoms with Crippen molar-refractivity contribution in [3.63, 3.8) is 0 Å². The zero-order chi connectivity index (χ0) is 18.4. The molecule has 1 aliphatic rings. The number of carbonyl (C=O) groups is 1. The summed E-state index contributed by atoms with van der Waals surface area (Å²) in [4.78, 5) is 33.6. The number of pyridine rings is 1. The van der Waals surface area contributed by atoms with Crippen LogP contribution in [0.25, 0.3) is 4.85 Å². The molecule has 3 rings (SSSR count). The number of thiocarbonyl (C=S) groups is 1. The monoisotopic (exact) mass is 352 g/mol. The molecule has 1 saturated heterocycles. The van der Waals surface area contributed by atoms with Gasteiger partial charge < -0.3 is 9.88 Å². The van der Waals surface area contributed by atoms with Crippen LogP contribution < -0.4 is 15.4 Å². The second-order valence-electron chi connectivity index (χ2n) is 6.31. The number of rotatable bonds is 2. The van der Waals surface area contributed by atoms with Gasteiger partial charge in [0.2, 0.25) is 5.56 Å². The summed E-state index contributed by atoms with van der Waals surface area (Å²) in [5, 5.41) is 0.331. The smallest absolute Gasteiger partial charge is 0.259 e. The Kier molecular flexibility index (Phi) is 3.93. The van der Waals surface area contributed by atoms with Crippen LogP contribution in [0.15, 0.2) is 41.3 Å². The number of benzene rings is 1. The molecule has 0 radical (unpaired) electrons. The van der Waals surface area contributed by atoms with Gasteiger partial charge >= 0.3 is 0 Å². The molecule has 0 aliphatic carbocycles. The summed E-state index contributed by atoms with van der Waals surface area (Å²) in [6.45, 7) is 12.5. The topological polar surface area (TPSA) is 60.8 Å². The van der Waals surface area contributed by atoms with E-state index in [0.29, 0.717) is 22.2 Å². The molecular formula is C18H16N4O2S. The molecule has 2 heterocycles. The number of aromatic amines is 1. The Morgan fingerprint density at radius 1 is 1.16 bits per heavy atom. The van der Waals surface area contributed by atoms with E-state index in [4.69, 9.17) is 18.8 Å². The first-order chi connectivity index (χ1) is 11.8. The van der Waals surface area contributed by atoms with Crippen LogP contribution >= 0.6 is 12.2 Å². The number of hydrogen-bond donors (Lipinski definition) is 1. The molecule has 25 heavy (non-hydrogen) atoms. The maximum Gasteiger partial charge on any atom is 0.259 e. The molecule has 2 aromatic rings. The molecule has 1 aromatic carbocycles. The maximum atomic E-state index is 13.0. The van der Waals surface area contributed by atoms with Gasteiger partial charge in [-0.3, -0.25) is 14.5 Å². The summed E-state index contributed by atoms with van der Waals surface area (Å²) in [5.74, 6) is -0.168. The number of H-pyrrole nitrogens is 1. The van der Waals surface area contributed by atoms with Crippen LogP contribution in [0.4, 0.5) is 17.1 Å². The maximum absolute atomic E-state index is 13.0. The zero-order valence-corrected chi connectivity index (χ0v) is 14.8. The minimum Gasteiger partial charge on any atom is -0.327 e. The first kappa shape index (κ1) is 16.9. The number of nitrogens with one attached hydrogen (secondary N) is 1. The van der Waals surface area contributed by atoms with Crippen molar-refractivity contribution >= 4 is 40.3 Å². The molecule has 1 N–H and O–H groups in total. The lowest BCUT2D eigenvalue weighted by Gasteiger charge is -2.29. The molecular weight excluding hydrogens is 336 g/mol. The number of carbonyl (C=O) groups excluding carboxylic acids is 1. The van der Waals surface area contributed by atoms with E-state index in [2.05, 4.69) is 9.83 Å². The Bertz CT molecular complexity index is 967. The van der Waals surface area contributed by atoms with Crippen molar-refractivity contribution < 1.29 is 4.79 Å². The Balaban J connectivity index is 2.09. The molecule has 1 aliphatic heterocycles. The molecule has 0 atom stereocenters. The van der Waals surface area contributed by atoms with Crippen molar-refractivity contribution in [2.45, 2.75) is 26.3 Å². The van der Waals surface area contributed by atoms with Gasteiger partial charge in [0.05, 0.1) is 12.3 Å². The lowest BCUT2D eigenvalue weighted by atomic mass is 10.0. The van der Waals surface area contributed by atoms with Gasteiger partial charge in [0.15, 0.2) is 10.8 Å². The fraction of sp³-hybridized carbons (Fsp3) is 0.222. The summed E-state index contributed by atoms with van der Waals surface area (Å²) in [6.07, 6.45) is 1.54. The van der Waals surface area contributed by atoms with Crippen molar-refractivity contribution in [3.05, 3.63) is 63.9 Å². The highest BCUT2D eigenvalue weighted by molar-refractivity contribution is 7.81. The molecule has 0 bridgehead atoms. The van der Waals surface area contributed by atoms with E-state index in [1.807, 2.05) is 6.92 Å². The van der Waals surface area contributed by atoms with Gasteiger partial charge in [0.25, 0.3) is 5.91 Å². The fourth-order valence-corrected chi connectivity index (χ4v) is 3.42. The Morgan fingerprint density at radius 3 is 2.40 bits per heavy atom. The molecule has 126 valence electrons. The molecule has 0 saturated carbocycles. The molecule has 0 spiro atoms. The molecule has 6 nitrogen and oxygen atoms in total. The van der Waals surface area contributed by atoms with Gasteiger partial charge in [-0.1, -0.05) is 6.07 Å². The standard InChI is InChI=1S/C18H16N4O2S/c1-11-9-12(5-7-14(11)19-4)21-16(24)18(2,3)22(17(21)25)13-6-8-15(23)20-10-13/h5-10H,1-3H3,(H,20,23). The Labute approximate surface area is 150 Å². The highest BCUT2D eigenvalue weighted by Gasteiger charge is 2.50. The van der Waals surface area contributed by atoms with E-state index in [9.17, 15) is 9.59 Å². The van der Waals surface area contributed by atoms with Crippen LogP contribution in [-0.2, 0) is 4.79 Å². The SMILES string of the molecule is [C-]#[N+]c1ccc(N2C(=O)C(C)(C)N(c3ccc(=O)[nH]c3)C2=S)cc1C. The molecule has 0 unspecified atom stereocenters. The molecule has 1 aromatic heterocycles. The lowest BCUT2D eigenvalue weighted by molar-refractivity contribution is -0.120. The third-order valence-electron chi connectivity index (χ3n) is 4.25. The number of nitrogens with zero attached hydrogens (tertiary/aromatic N) is 3. The van der Waals surface area contributed by atoms with Gasteiger partial charge in [-0.25, -0.2) is 4.85 Å². The number of amides is 1. The number of aryl methyl sites for hydroxylation is 1. The summed E-state index contributed by atoms with van der Waals surface area (Å²) < 4.78 is 0. The van der Waals surface area contributed by atoms with Crippen molar-refractivity contribution in [2.24, 2.45) is 0 Å². The molecule has 1 fully saturated rings. The van der Waals surface area contributed by atoms with Gasteiger partial charge in [-0.15, -0.1) is 0 Å². The van der Waals surface area contributed by atoms with E-state index >= 15 is 0 Å². The van der Waals surface area contributed by atoms with Crippen LogP contribution in [0, 0.1) is 13.5 Å². The normalized spacial score (nSPS) is 16.2. The van der Waals surface area contributed by atoms with Gasteiger partial charge in [-0.2, -0.15) is 0 Å². The predicted molar refractivity (Wildman–Crippen MR) is 101 cm³/mol. The van der Waals surface area contributed by atoms with Gasteiger partial charge in [-0.05, 0) is 56.8 Å². The number of hydrogen-bond acceptors (Lipinski definition) is 3. The zero-order valence-electron chi connectivity index (χ0n) is 14.0.